The lowest BCUT2D eigenvalue weighted by molar-refractivity contribution is 0.352. The Labute approximate surface area is 96.2 Å². The number of aromatic amines is 1. The summed E-state index contributed by atoms with van der Waals surface area (Å²) >= 11 is 0. The summed E-state index contributed by atoms with van der Waals surface area (Å²) in [6, 6.07) is 0. The lowest BCUT2D eigenvalue weighted by Gasteiger charge is -2.06. The molecule has 11 nitrogen and oxygen atoms in total. The number of nitrogen functional groups attached to an aromatic ring is 1. The SMILES string of the molecule is Nc1ncnc2nc[nH]c12.O=S(=O)([O-])[O-].[NH4+].[NH4+]. The zero-order valence-electron chi connectivity index (χ0n) is 9.11. The third-order valence-electron chi connectivity index (χ3n) is 1.25. The monoisotopic (exact) mass is 267 g/mol. The summed E-state index contributed by atoms with van der Waals surface area (Å²) in [7, 11) is -5.17. The lowest BCUT2D eigenvalue weighted by Crippen LogP contribution is -1.91. The second-order valence-electron chi connectivity index (χ2n) is 2.27. The zero-order chi connectivity index (χ0) is 11.5. The van der Waals surface area contributed by atoms with Crippen LogP contribution < -0.4 is 18.0 Å². The van der Waals surface area contributed by atoms with Gasteiger partial charge in [0.1, 0.15) is 11.8 Å². The van der Waals surface area contributed by atoms with Crippen LogP contribution in [0.15, 0.2) is 12.7 Å². The Morgan fingerprint density at radius 3 is 2.18 bits per heavy atom. The number of aromatic nitrogens is 4. The fraction of sp³-hybridized carbons (Fsp3) is 0. The van der Waals surface area contributed by atoms with E-state index in [0.717, 1.165) is 0 Å². The molecule has 2 aromatic rings. The number of quaternary nitrogens is 2. The maximum absolute atomic E-state index is 8.52. The molecule has 0 aromatic carbocycles. The molecule has 0 atom stereocenters. The van der Waals surface area contributed by atoms with Crippen molar-refractivity contribution >= 4 is 27.4 Å². The summed E-state index contributed by atoms with van der Waals surface area (Å²) < 4.78 is 34.1. The number of H-pyrrole nitrogens is 1. The van der Waals surface area contributed by atoms with Crippen LogP contribution in [0.5, 0.6) is 0 Å². The first kappa shape index (κ1) is 17.5. The first-order valence-corrected chi connectivity index (χ1v) is 4.77. The van der Waals surface area contributed by atoms with Gasteiger partial charge in [0.05, 0.1) is 6.33 Å². The van der Waals surface area contributed by atoms with Crippen LogP contribution in [-0.4, -0.2) is 37.5 Å². The fourth-order valence-corrected chi connectivity index (χ4v) is 0.784. The van der Waals surface area contributed by atoms with Crippen molar-refractivity contribution < 1.29 is 17.5 Å². The van der Waals surface area contributed by atoms with Crippen LogP contribution in [0.3, 0.4) is 0 Å². The van der Waals surface area contributed by atoms with Crippen molar-refractivity contribution in [2.75, 3.05) is 5.73 Å². The van der Waals surface area contributed by atoms with Gasteiger partial charge in [-0.1, -0.05) is 0 Å². The van der Waals surface area contributed by atoms with Crippen molar-refractivity contribution in [3.8, 4) is 0 Å². The number of hydrogen-bond donors (Lipinski definition) is 4. The van der Waals surface area contributed by atoms with Gasteiger partial charge in [0.25, 0.3) is 0 Å². The lowest BCUT2D eigenvalue weighted by atomic mass is 10.5. The van der Waals surface area contributed by atoms with Crippen LogP contribution in [0, 0.1) is 0 Å². The molecule has 0 saturated heterocycles. The molecule has 0 amide bonds. The standard InChI is InChI=1S/C5H5N5.2H3N.H2O4S/c6-4-3-5(9-1-7-3)10-2-8-4;;;1-5(2,3)4/h1-2H,(H3,6,7,8,9,10);2*1H3;(H2,1,2,3,4). The van der Waals surface area contributed by atoms with Crippen LogP contribution in [0.25, 0.3) is 11.2 Å². The van der Waals surface area contributed by atoms with Gasteiger partial charge in [0.15, 0.2) is 11.5 Å². The maximum atomic E-state index is 8.52. The third-order valence-corrected chi connectivity index (χ3v) is 1.25. The molecule has 0 aliphatic rings. The molecular formula is C5H13N7O4S. The molecule has 2 rings (SSSR count). The summed E-state index contributed by atoms with van der Waals surface area (Å²) in [5.41, 5.74) is 6.78. The molecule has 12 heteroatoms. The second kappa shape index (κ2) is 6.66. The molecule has 0 bridgehead atoms. The molecule has 0 aliphatic carbocycles. The molecule has 0 spiro atoms. The predicted molar refractivity (Wildman–Crippen MR) is 58.5 cm³/mol. The molecule has 2 aromatic heterocycles. The van der Waals surface area contributed by atoms with Crippen molar-refractivity contribution in [2.24, 2.45) is 0 Å². The van der Waals surface area contributed by atoms with E-state index in [1.165, 1.54) is 12.7 Å². The molecule has 0 unspecified atom stereocenters. The molecule has 17 heavy (non-hydrogen) atoms. The van der Waals surface area contributed by atoms with Crippen molar-refractivity contribution in [3.05, 3.63) is 12.7 Å². The van der Waals surface area contributed by atoms with Gasteiger partial charge in [-0.25, -0.2) is 15.0 Å². The minimum atomic E-state index is -5.17. The minimum absolute atomic E-state index is 0. The molecule has 11 N–H and O–H groups in total. The number of anilines is 1. The Morgan fingerprint density at radius 2 is 1.71 bits per heavy atom. The van der Waals surface area contributed by atoms with Gasteiger partial charge >= 0.3 is 0 Å². The average molecular weight is 267 g/mol. The highest BCUT2D eigenvalue weighted by Crippen LogP contribution is 2.09. The Morgan fingerprint density at radius 1 is 1.18 bits per heavy atom. The quantitative estimate of drug-likeness (QED) is 0.352. The van der Waals surface area contributed by atoms with E-state index in [1.807, 2.05) is 0 Å². The van der Waals surface area contributed by atoms with Crippen LogP contribution in [0.4, 0.5) is 5.82 Å². The Hall–Kier alpha value is -1.86. The maximum Gasteiger partial charge on any atom is 0.182 e. The molecule has 98 valence electrons. The van der Waals surface area contributed by atoms with Crippen molar-refractivity contribution in [3.63, 3.8) is 0 Å². The van der Waals surface area contributed by atoms with Gasteiger partial charge < -0.3 is 32.1 Å². The van der Waals surface area contributed by atoms with Crippen molar-refractivity contribution in [1.29, 1.82) is 0 Å². The first-order valence-electron chi connectivity index (χ1n) is 3.44. The first-order chi connectivity index (χ1) is 6.88. The zero-order valence-corrected chi connectivity index (χ0v) is 9.93. The Kier molecular flexibility index (Phi) is 6.87. The van der Waals surface area contributed by atoms with E-state index in [2.05, 4.69) is 19.9 Å². The molecular weight excluding hydrogens is 254 g/mol. The predicted octanol–water partition coefficient (Wildman–Crippen LogP) is -0.651. The van der Waals surface area contributed by atoms with Gasteiger partial charge in [0, 0.05) is 10.4 Å². The van der Waals surface area contributed by atoms with E-state index < -0.39 is 10.4 Å². The number of fused-ring (bicyclic) bond motifs is 1. The van der Waals surface area contributed by atoms with E-state index in [4.69, 9.17) is 23.3 Å². The second-order valence-corrected chi connectivity index (χ2v) is 3.08. The number of rotatable bonds is 0. The molecule has 0 fully saturated rings. The highest BCUT2D eigenvalue weighted by atomic mass is 32.3. The summed E-state index contributed by atoms with van der Waals surface area (Å²) in [5.74, 6) is 0.433. The van der Waals surface area contributed by atoms with Crippen molar-refractivity contribution in [2.45, 2.75) is 0 Å². The van der Waals surface area contributed by atoms with Gasteiger partial charge in [0.2, 0.25) is 0 Å². The number of nitrogens with zero attached hydrogens (tertiary/aromatic N) is 3. The molecule has 0 radical (unpaired) electrons. The van der Waals surface area contributed by atoms with E-state index in [9.17, 15) is 0 Å². The number of imidazole rings is 1. The summed E-state index contributed by atoms with van der Waals surface area (Å²) in [4.78, 5) is 14.4. The number of nitrogens with two attached hydrogens (primary N) is 1. The largest absolute Gasteiger partial charge is 0.759 e. The molecule has 0 aliphatic heterocycles. The topological polar surface area (TPSA) is 234 Å². The van der Waals surface area contributed by atoms with Crippen LogP contribution >= 0.6 is 0 Å². The van der Waals surface area contributed by atoms with Crippen LogP contribution in [0.2, 0.25) is 0 Å². The summed E-state index contributed by atoms with van der Waals surface area (Å²) in [6.07, 6.45) is 2.92. The van der Waals surface area contributed by atoms with Crippen LogP contribution in [-0.2, 0) is 10.4 Å². The Balaban J connectivity index is 0. The highest BCUT2D eigenvalue weighted by molar-refractivity contribution is 7.79. The van der Waals surface area contributed by atoms with Gasteiger partial charge in [-0.15, -0.1) is 0 Å². The van der Waals surface area contributed by atoms with E-state index in [-0.39, 0.29) is 12.3 Å². The fourth-order valence-electron chi connectivity index (χ4n) is 0.784. The highest BCUT2D eigenvalue weighted by Gasteiger charge is 1.99. The van der Waals surface area contributed by atoms with E-state index in [0.29, 0.717) is 17.0 Å². The van der Waals surface area contributed by atoms with E-state index in [1.54, 1.807) is 0 Å². The summed E-state index contributed by atoms with van der Waals surface area (Å²) in [6.45, 7) is 0. The smallest absolute Gasteiger partial charge is 0.182 e. The van der Waals surface area contributed by atoms with Gasteiger partial charge in [-0.2, -0.15) is 0 Å². The number of hydrogen-bond acceptors (Lipinski definition) is 8. The van der Waals surface area contributed by atoms with Gasteiger partial charge in [-0.3, -0.25) is 8.42 Å². The third kappa shape index (κ3) is 6.33. The Bertz CT molecular complexity index is 544. The number of nitrogens with one attached hydrogen (secondary N) is 1. The molecule has 2 heterocycles. The van der Waals surface area contributed by atoms with Gasteiger partial charge in [-0.05, 0) is 0 Å². The molecule has 0 saturated carbocycles. The average Bonchev–Trinajstić information content (AvgIpc) is 2.49. The van der Waals surface area contributed by atoms with Crippen LogP contribution in [0.1, 0.15) is 0 Å². The minimum Gasteiger partial charge on any atom is -0.759 e. The normalized spacial score (nSPS) is 9.53. The van der Waals surface area contributed by atoms with E-state index >= 15 is 0 Å². The summed E-state index contributed by atoms with van der Waals surface area (Å²) in [5, 5.41) is 0. The van der Waals surface area contributed by atoms with Crippen molar-refractivity contribution in [1.82, 2.24) is 32.2 Å².